The fourth-order valence-electron chi connectivity index (χ4n) is 4.07. The van der Waals surface area contributed by atoms with E-state index in [9.17, 15) is 0 Å². The summed E-state index contributed by atoms with van der Waals surface area (Å²) in [6.07, 6.45) is 9.20. The fraction of sp³-hybridized carbons (Fsp3) is 0.391. The molecule has 3 heterocycles. The molecule has 4 aromatic rings. The van der Waals surface area contributed by atoms with Crippen LogP contribution in [0.5, 0.6) is 17.2 Å². The van der Waals surface area contributed by atoms with E-state index in [2.05, 4.69) is 20.4 Å². The molecule has 1 saturated carbocycles. The summed E-state index contributed by atoms with van der Waals surface area (Å²) in [5.74, 6) is 3.46. The summed E-state index contributed by atoms with van der Waals surface area (Å²) < 4.78 is 20.2. The number of ether oxygens (including phenoxy) is 3. The molecule has 0 unspecified atom stereocenters. The van der Waals surface area contributed by atoms with Crippen LogP contribution in [0.25, 0.3) is 16.7 Å². The predicted molar refractivity (Wildman–Crippen MR) is 124 cm³/mol. The third-order valence-corrected chi connectivity index (χ3v) is 6.10. The average molecular weight is 450 g/mol. The van der Waals surface area contributed by atoms with Gasteiger partial charge in [-0.05, 0) is 25.7 Å². The van der Waals surface area contributed by atoms with Crippen molar-refractivity contribution < 1.29 is 14.2 Å². The van der Waals surface area contributed by atoms with Gasteiger partial charge in [0, 0.05) is 24.9 Å². The maximum Gasteiger partial charge on any atom is 0.230 e. The number of nitrogens with zero attached hydrogens (tertiary/aromatic N) is 6. The molecule has 0 radical (unpaired) electrons. The van der Waals surface area contributed by atoms with Crippen molar-refractivity contribution in [3.63, 3.8) is 0 Å². The maximum absolute atomic E-state index is 5.45. The summed E-state index contributed by atoms with van der Waals surface area (Å²) in [6.45, 7) is 2.89. The van der Waals surface area contributed by atoms with E-state index in [1.807, 2.05) is 40.7 Å². The van der Waals surface area contributed by atoms with Crippen LogP contribution in [0, 0.1) is 12.8 Å². The molecule has 1 N–H and O–H groups in total. The lowest BCUT2D eigenvalue weighted by Gasteiger charge is -2.25. The Bertz CT molecular complexity index is 1270. The third kappa shape index (κ3) is 3.92. The van der Waals surface area contributed by atoms with Gasteiger partial charge < -0.3 is 24.1 Å². The summed E-state index contributed by atoms with van der Waals surface area (Å²) in [5, 5.41) is 8.86. The molecule has 0 aliphatic heterocycles. The molecule has 0 bridgehead atoms. The van der Waals surface area contributed by atoms with Crippen LogP contribution in [0.4, 0.5) is 11.8 Å². The first-order chi connectivity index (χ1) is 16.1. The van der Waals surface area contributed by atoms with Crippen LogP contribution in [0.1, 0.15) is 25.0 Å². The molecular formula is C23H27N7O3. The van der Waals surface area contributed by atoms with Crippen molar-refractivity contribution in [2.24, 2.45) is 5.92 Å². The number of benzene rings is 1. The van der Waals surface area contributed by atoms with Gasteiger partial charge in [-0.1, -0.05) is 6.42 Å². The second-order valence-electron chi connectivity index (χ2n) is 8.17. The zero-order valence-electron chi connectivity index (χ0n) is 19.2. The van der Waals surface area contributed by atoms with E-state index < -0.39 is 0 Å². The van der Waals surface area contributed by atoms with Gasteiger partial charge in [0.15, 0.2) is 23.0 Å². The number of fused-ring (bicyclic) bond motifs is 1. The maximum atomic E-state index is 5.45. The molecule has 0 atom stereocenters. The zero-order valence-corrected chi connectivity index (χ0v) is 19.2. The molecule has 10 heteroatoms. The Labute approximate surface area is 191 Å². The quantitative estimate of drug-likeness (QED) is 0.432. The highest BCUT2D eigenvalue weighted by molar-refractivity contribution is 5.78. The standard InChI is InChI=1S/C23H27N7O3/c1-14-17-10-24-23(27-22(17)30(28-14)11-15-6-5-7-15)26-20-12-29(13-25-20)16-8-18(31-2)21(33-4)19(9-16)32-3/h8-10,12-13,15H,5-7,11H2,1-4H3,(H,24,26,27). The molecule has 5 rings (SSSR count). The minimum absolute atomic E-state index is 0.479. The normalized spacial score (nSPS) is 13.7. The van der Waals surface area contributed by atoms with Crippen molar-refractivity contribution in [3.05, 3.63) is 36.5 Å². The number of aromatic nitrogens is 6. The van der Waals surface area contributed by atoms with Gasteiger partial charge in [-0.15, -0.1) is 0 Å². The number of methoxy groups -OCH3 is 3. The number of hydrogen-bond donors (Lipinski definition) is 1. The molecule has 1 aliphatic rings. The molecule has 0 spiro atoms. The van der Waals surface area contributed by atoms with Gasteiger partial charge in [0.05, 0.1) is 44.3 Å². The first-order valence-electron chi connectivity index (χ1n) is 10.9. The van der Waals surface area contributed by atoms with E-state index in [0.717, 1.165) is 29.0 Å². The Morgan fingerprint density at radius 2 is 1.82 bits per heavy atom. The van der Waals surface area contributed by atoms with Crippen molar-refractivity contribution >= 4 is 22.8 Å². The summed E-state index contributed by atoms with van der Waals surface area (Å²) in [5.41, 5.74) is 2.61. The summed E-state index contributed by atoms with van der Waals surface area (Å²) in [4.78, 5) is 13.7. The first kappa shape index (κ1) is 21.0. The van der Waals surface area contributed by atoms with Crippen molar-refractivity contribution in [2.75, 3.05) is 26.6 Å². The number of nitrogens with one attached hydrogen (secondary N) is 1. The van der Waals surface area contributed by atoms with Gasteiger partial charge in [0.1, 0.15) is 6.33 Å². The minimum Gasteiger partial charge on any atom is -0.493 e. The molecule has 0 amide bonds. The van der Waals surface area contributed by atoms with Crippen LogP contribution >= 0.6 is 0 Å². The Morgan fingerprint density at radius 3 is 2.45 bits per heavy atom. The minimum atomic E-state index is 0.479. The Morgan fingerprint density at radius 1 is 1.06 bits per heavy atom. The molecule has 33 heavy (non-hydrogen) atoms. The van der Waals surface area contributed by atoms with Crippen LogP contribution in [-0.4, -0.2) is 50.6 Å². The number of rotatable bonds is 8. The predicted octanol–water partition coefficient (Wildman–Crippen LogP) is 3.89. The van der Waals surface area contributed by atoms with Crippen molar-refractivity contribution in [1.82, 2.24) is 29.3 Å². The van der Waals surface area contributed by atoms with Crippen LogP contribution in [0.15, 0.2) is 30.9 Å². The lowest BCUT2D eigenvalue weighted by molar-refractivity contribution is 0.269. The van der Waals surface area contributed by atoms with E-state index in [0.29, 0.717) is 34.9 Å². The van der Waals surface area contributed by atoms with E-state index >= 15 is 0 Å². The highest BCUT2D eigenvalue weighted by atomic mass is 16.5. The van der Waals surface area contributed by atoms with Gasteiger partial charge >= 0.3 is 0 Å². The number of imidazole rings is 1. The highest BCUT2D eigenvalue weighted by Gasteiger charge is 2.21. The zero-order chi connectivity index (χ0) is 22.9. The molecule has 1 fully saturated rings. The molecule has 172 valence electrons. The van der Waals surface area contributed by atoms with Gasteiger partial charge in [-0.25, -0.2) is 14.6 Å². The molecule has 1 aliphatic carbocycles. The van der Waals surface area contributed by atoms with E-state index in [1.54, 1.807) is 27.7 Å². The summed E-state index contributed by atoms with van der Waals surface area (Å²) in [7, 11) is 4.76. The lowest BCUT2D eigenvalue weighted by atomic mass is 9.85. The van der Waals surface area contributed by atoms with Gasteiger partial charge in [0.2, 0.25) is 11.7 Å². The number of anilines is 2. The summed E-state index contributed by atoms with van der Waals surface area (Å²) in [6, 6.07) is 3.72. The van der Waals surface area contributed by atoms with Crippen LogP contribution in [0.3, 0.4) is 0 Å². The van der Waals surface area contributed by atoms with Crippen molar-refractivity contribution in [1.29, 1.82) is 0 Å². The molecule has 0 saturated heterocycles. The summed E-state index contributed by atoms with van der Waals surface area (Å²) >= 11 is 0. The Hall–Kier alpha value is -3.82. The molecular weight excluding hydrogens is 422 g/mol. The van der Waals surface area contributed by atoms with Crippen LogP contribution < -0.4 is 19.5 Å². The smallest absolute Gasteiger partial charge is 0.230 e. The largest absolute Gasteiger partial charge is 0.493 e. The van der Waals surface area contributed by atoms with E-state index in [-0.39, 0.29) is 0 Å². The Balaban J connectivity index is 1.41. The van der Waals surface area contributed by atoms with Crippen molar-refractivity contribution in [2.45, 2.75) is 32.7 Å². The van der Waals surface area contributed by atoms with Gasteiger partial charge in [0.25, 0.3) is 0 Å². The van der Waals surface area contributed by atoms with E-state index in [4.69, 9.17) is 19.2 Å². The van der Waals surface area contributed by atoms with Crippen LogP contribution in [-0.2, 0) is 6.54 Å². The SMILES string of the molecule is COc1cc(-n2cnc(Nc3ncc4c(C)nn(CC5CCC5)c4n3)c2)cc(OC)c1OC. The third-order valence-electron chi connectivity index (χ3n) is 6.10. The molecule has 10 nitrogen and oxygen atoms in total. The molecule has 1 aromatic carbocycles. The van der Waals surface area contributed by atoms with E-state index in [1.165, 1.54) is 19.3 Å². The van der Waals surface area contributed by atoms with Crippen LogP contribution in [0.2, 0.25) is 0 Å². The average Bonchev–Trinajstić information content (AvgIpc) is 3.39. The lowest BCUT2D eigenvalue weighted by Crippen LogP contribution is -2.19. The second kappa shape index (κ2) is 8.61. The second-order valence-corrected chi connectivity index (χ2v) is 8.17. The fourth-order valence-corrected chi connectivity index (χ4v) is 4.07. The number of aryl methyl sites for hydroxylation is 1. The van der Waals surface area contributed by atoms with Crippen molar-refractivity contribution in [3.8, 4) is 22.9 Å². The monoisotopic (exact) mass is 449 g/mol. The highest BCUT2D eigenvalue weighted by Crippen LogP contribution is 2.39. The molecule has 3 aromatic heterocycles. The first-order valence-corrected chi connectivity index (χ1v) is 10.9. The number of hydrogen-bond acceptors (Lipinski definition) is 8. The Kier molecular flexibility index (Phi) is 5.49. The van der Waals surface area contributed by atoms with Gasteiger partial charge in [-0.3, -0.25) is 0 Å². The van der Waals surface area contributed by atoms with Gasteiger partial charge in [-0.2, -0.15) is 10.1 Å². The topological polar surface area (TPSA) is 101 Å².